The SMILES string of the molecule is CCOC(=O)N1CCC(O)(c2ccc(C)cc2CO)CC1. The van der Waals surface area contributed by atoms with Crippen LogP contribution in [0.5, 0.6) is 0 Å². The number of aliphatic hydroxyl groups is 2. The van der Waals surface area contributed by atoms with Crippen molar-refractivity contribution in [3.63, 3.8) is 0 Å². The highest BCUT2D eigenvalue weighted by atomic mass is 16.6. The van der Waals surface area contributed by atoms with Crippen molar-refractivity contribution in [3.05, 3.63) is 34.9 Å². The standard InChI is InChI=1S/C16H23NO4/c1-3-21-15(19)17-8-6-16(20,7-9-17)14-5-4-12(2)10-13(14)11-18/h4-5,10,18,20H,3,6-9,11H2,1-2H3. The van der Waals surface area contributed by atoms with Gasteiger partial charge in [-0.15, -0.1) is 0 Å². The lowest BCUT2D eigenvalue weighted by Crippen LogP contribution is -2.45. The van der Waals surface area contributed by atoms with E-state index in [1.165, 1.54) is 0 Å². The van der Waals surface area contributed by atoms with Gasteiger partial charge in [0.15, 0.2) is 0 Å². The average Bonchev–Trinajstić information content (AvgIpc) is 2.47. The monoisotopic (exact) mass is 293 g/mol. The van der Waals surface area contributed by atoms with Crippen LogP contribution in [0, 0.1) is 6.92 Å². The van der Waals surface area contributed by atoms with Crippen molar-refractivity contribution in [2.45, 2.75) is 38.9 Å². The number of benzene rings is 1. The molecule has 21 heavy (non-hydrogen) atoms. The van der Waals surface area contributed by atoms with Crippen molar-refractivity contribution in [1.29, 1.82) is 0 Å². The predicted molar refractivity (Wildman–Crippen MR) is 78.8 cm³/mol. The van der Waals surface area contributed by atoms with Crippen LogP contribution in [-0.2, 0) is 16.9 Å². The van der Waals surface area contributed by atoms with Gasteiger partial charge in [-0.2, -0.15) is 0 Å². The van der Waals surface area contributed by atoms with E-state index in [2.05, 4.69) is 0 Å². The molecule has 1 heterocycles. The molecule has 0 unspecified atom stereocenters. The Bertz CT molecular complexity index is 507. The molecule has 1 aliphatic heterocycles. The quantitative estimate of drug-likeness (QED) is 0.893. The van der Waals surface area contributed by atoms with Gasteiger partial charge >= 0.3 is 6.09 Å². The fourth-order valence-electron chi connectivity index (χ4n) is 2.85. The lowest BCUT2D eigenvalue weighted by Gasteiger charge is -2.38. The fraction of sp³-hybridized carbons (Fsp3) is 0.562. The Morgan fingerprint density at radius 3 is 2.62 bits per heavy atom. The van der Waals surface area contributed by atoms with Crippen molar-refractivity contribution in [2.75, 3.05) is 19.7 Å². The first-order chi connectivity index (χ1) is 10.00. The summed E-state index contributed by atoms with van der Waals surface area (Å²) in [5, 5.41) is 20.4. The van der Waals surface area contributed by atoms with E-state index in [-0.39, 0.29) is 12.7 Å². The third-order valence-electron chi connectivity index (χ3n) is 4.05. The van der Waals surface area contributed by atoms with Crippen LogP contribution in [0.4, 0.5) is 4.79 Å². The molecule has 1 saturated heterocycles. The molecule has 0 aliphatic carbocycles. The Morgan fingerprint density at radius 2 is 2.05 bits per heavy atom. The molecule has 1 aromatic carbocycles. The van der Waals surface area contributed by atoms with Crippen LogP contribution in [0.25, 0.3) is 0 Å². The molecule has 1 aliphatic rings. The molecule has 1 amide bonds. The minimum absolute atomic E-state index is 0.0963. The van der Waals surface area contributed by atoms with E-state index < -0.39 is 5.60 Å². The largest absolute Gasteiger partial charge is 0.450 e. The van der Waals surface area contributed by atoms with Crippen molar-refractivity contribution in [2.24, 2.45) is 0 Å². The second-order valence-electron chi connectivity index (χ2n) is 5.54. The fourth-order valence-corrected chi connectivity index (χ4v) is 2.85. The molecule has 2 N–H and O–H groups in total. The summed E-state index contributed by atoms with van der Waals surface area (Å²) in [5.41, 5.74) is 1.57. The number of aryl methyl sites for hydroxylation is 1. The molecule has 0 spiro atoms. The summed E-state index contributed by atoms with van der Waals surface area (Å²) >= 11 is 0. The van der Waals surface area contributed by atoms with Crippen LogP contribution in [0.15, 0.2) is 18.2 Å². The summed E-state index contributed by atoms with van der Waals surface area (Å²) in [6, 6.07) is 5.70. The van der Waals surface area contributed by atoms with Gasteiger partial charge in [-0.05, 0) is 37.8 Å². The number of piperidine rings is 1. The molecule has 1 aromatic rings. The van der Waals surface area contributed by atoms with Gasteiger partial charge in [0.25, 0.3) is 0 Å². The van der Waals surface area contributed by atoms with Crippen molar-refractivity contribution >= 4 is 6.09 Å². The number of likely N-dealkylation sites (tertiary alicyclic amines) is 1. The van der Waals surface area contributed by atoms with E-state index in [1.807, 2.05) is 25.1 Å². The van der Waals surface area contributed by atoms with E-state index in [0.717, 1.165) is 16.7 Å². The Balaban J connectivity index is 2.13. The Morgan fingerprint density at radius 1 is 1.38 bits per heavy atom. The minimum Gasteiger partial charge on any atom is -0.450 e. The van der Waals surface area contributed by atoms with Crippen LogP contribution >= 0.6 is 0 Å². The molecular formula is C16H23NO4. The maximum atomic E-state index is 11.7. The molecule has 2 rings (SSSR count). The zero-order chi connectivity index (χ0) is 15.5. The molecule has 5 nitrogen and oxygen atoms in total. The van der Waals surface area contributed by atoms with Crippen LogP contribution in [0.3, 0.4) is 0 Å². The van der Waals surface area contributed by atoms with Crippen LogP contribution in [-0.4, -0.2) is 40.9 Å². The number of nitrogens with zero attached hydrogens (tertiary/aromatic N) is 1. The second-order valence-corrected chi connectivity index (χ2v) is 5.54. The van der Waals surface area contributed by atoms with Gasteiger partial charge in [-0.3, -0.25) is 0 Å². The van der Waals surface area contributed by atoms with E-state index in [1.54, 1.807) is 11.8 Å². The average molecular weight is 293 g/mol. The van der Waals surface area contributed by atoms with Gasteiger partial charge in [0, 0.05) is 13.1 Å². The lowest BCUT2D eigenvalue weighted by atomic mass is 9.81. The first kappa shape index (κ1) is 15.8. The summed E-state index contributed by atoms with van der Waals surface area (Å²) in [7, 11) is 0. The minimum atomic E-state index is -0.991. The summed E-state index contributed by atoms with van der Waals surface area (Å²) in [6.45, 7) is 4.89. The molecule has 0 radical (unpaired) electrons. The third-order valence-corrected chi connectivity index (χ3v) is 4.05. The Kier molecular flexibility index (Phi) is 4.85. The molecule has 116 valence electrons. The maximum absolute atomic E-state index is 11.7. The van der Waals surface area contributed by atoms with E-state index >= 15 is 0 Å². The summed E-state index contributed by atoms with van der Waals surface area (Å²) in [6.07, 6.45) is 0.565. The molecule has 0 aromatic heterocycles. The third kappa shape index (κ3) is 3.36. The van der Waals surface area contributed by atoms with Gasteiger partial charge in [0.2, 0.25) is 0 Å². The first-order valence-corrected chi connectivity index (χ1v) is 7.35. The number of carbonyl (C=O) groups is 1. The van der Waals surface area contributed by atoms with E-state index in [4.69, 9.17) is 4.74 Å². The smallest absolute Gasteiger partial charge is 0.409 e. The van der Waals surface area contributed by atoms with Crippen molar-refractivity contribution in [1.82, 2.24) is 4.90 Å². The highest BCUT2D eigenvalue weighted by Crippen LogP contribution is 2.35. The van der Waals surface area contributed by atoms with Crippen LogP contribution < -0.4 is 0 Å². The molecule has 0 bridgehead atoms. The number of amides is 1. The lowest BCUT2D eigenvalue weighted by molar-refractivity contribution is -0.0256. The normalized spacial score (nSPS) is 17.6. The number of ether oxygens (including phenoxy) is 1. The molecule has 0 saturated carbocycles. The highest BCUT2D eigenvalue weighted by Gasteiger charge is 2.37. The summed E-state index contributed by atoms with van der Waals surface area (Å²) in [4.78, 5) is 13.3. The zero-order valence-electron chi connectivity index (χ0n) is 12.6. The zero-order valence-corrected chi connectivity index (χ0v) is 12.6. The summed E-state index contributed by atoms with van der Waals surface area (Å²) < 4.78 is 4.98. The number of aliphatic hydroxyl groups excluding tert-OH is 1. The number of hydrogen-bond acceptors (Lipinski definition) is 4. The second kappa shape index (κ2) is 6.45. The van der Waals surface area contributed by atoms with Gasteiger partial charge in [-0.25, -0.2) is 4.79 Å². The van der Waals surface area contributed by atoms with Crippen LogP contribution in [0.1, 0.15) is 36.5 Å². The molecular weight excluding hydrogens is 270 g/mol. The first-order valence-electron chi connectivity index (χ1n) is 7.35. The van der Waals surface area contributed by atoms with Crippen LogP contribution in [0.2, 0.25) is 0 Å². The van der Waals surface area contributed by atoms with Crippen molar-refractivity contribution < 1.29 is 19.7 Å². The number of hydrogen-bond donors (Lipinski definition) is 2. The number of carbonyl (C=O) groups excluding carboxylic acids is 1. The highest BCUT2D eigenvalue weighted by molar-refractivity contribution is 5.67. The molecule has 5 heteroatoms. The maximum Gasteiger partial charge on any atom is 0.409 e. The molecule has 0 atom stereocenters. The van der Waals surface area contributed by atoms with Gasteiger partial charge < -0.3 is 19.8 Å². The van der Waals surface area contributed by atoms with Gasteiger partial charge in [-0.1, -0.05) is 23.8 Å². The van der Waals surface area contributed by atoms with Gasteiger partial charge in [0.05, 0.1) is 18.8 Å². The topological polar surface area (TPSA) is 70.0 Å². The summed E-state index contributed by atoms with van der Waals surface area (Å²) in [5.74, 6) is 0. The van der Waals surface area contributed by atoms with E-state index in [0.29, 0.717) is 32.5 Å². The Hall–Kier alpha value is -1.59. The molecule has 1 fully saturated rings. The van der Waals surface area contributed by atoms with Gasteiger partial charge in [0.1, 0.15) is 0 Å². The van der Waals surface area contributed by atoms with E-state index in [9.17, 15) is 15.0 Å². The van der Waals surface area contributed by atoms with Crippen molar-refractivity contribution in [3.8, 4) is 0 Å². The Labute approximate surface area is 125 Å². The number of rotatable bonds is 3. The predicted octanol–water partition coefficient (Wildman–Crippen LogP) is 1.93.